The lowest BCUT2D eigenvalue weighted by Crippen LogP contribution is -2.25. The van der Waals surface area contributed by atoms with Crippen molar-refractivity contribution >= 4 is 28.9 Å². The first-order chi connectivity index (χ1) is 8.94. The maximum atomic E-state index is 11.4. The summed E-state index contributed by atoms with van der Waals surface area (Å²) in [6, 6.07) is 5.92. The highest BCUT2D eigenvalue weighted by Gasteiger charge is 2.42. The minimum atomic E-state index is 0.00970. The molecule has 0 bridgehead atoms. The second-order valence-electron chi connectivity index (χ2n) is 5.62. The summed E-state index contributed by atoms with van der Waals surface area (Å²) >= 11 is 6.21. The summed E-state index contributed by atoms with van der Waals surface area (Å²) in [5, 5.41) is 7.00. The zero-order chi connectivity index (χ0) is 14.0. The SMILES string of the molecule is CCC(=O)Nc1ccc(Cl)c(NC(C)C2(C)CC2)c1. The molecule has 0 radical (unpaired) electrons. The van der Waals surface area contributed by atoms with Crippen LogP contribution in [0.5, 0.6) is 0 Å². The summed E-state index contributed by atoms with van der Waals surface area (Å²) in [5.41, 5.74) is 2.05. The first kappa shape index (κ1) is 14.2. The van der Waals surface area contributed by atoms with Crippen LogP contribution in [0.1, 0.15) is 40.0 Å². The average Bonchev–Trinajstić information content (AvgIpc) is 3.12. The molecule has 1 aliphatic carbocycles. The van der Waals surface area contributed by atoms with Gasteiger partial charge >= 0.3 is 0 Å². The molecule has 1 aromatic carbocycles. The summed E-state index contributed by atoms with van der Waals surface area (Å²) in [7, 11) is 0. The number of hydrogen-bond acceptors (Lipinski definition) is 2. The molecule has 2 rings (SSSR count). The molecule has 0 aliphatic heterocycles. The Morgan fingerprint density at radius 2 is 2.16 bits per heavy atom. The number of amides is 1. The Morgan fingerprint density at radius 3 is 2.74 bits per heavy atom. The molecular formula is C15H21ClN2O. The predicted octanol–water partition coefficient (Wildman–Crippen LogP) is 4.29. The average molecular weight is 281 g/mol. The lowest BCUT2D eigenvalue weighted by atomic mass is 10.0. The van der Waals surface area contributed by atoms with Crippen LogP contribution in [0.25, 0.3) is 0 Å². The fourth-order valence-electron chi connectivity index (χ4n) is 2.00. The van der Waals surface area contributed by atoms with Crippen LogP contribution in [0.2, 0.25) is 5.02 Å². The smallest absolute Gasteiger partial charge is 0.224 e. The summed E-state index contributed by atoms with van der Waals surface area (Å²) in [6.07, 6.45) is 2.98. The van der Waals surface area contributed by atoms with Crippen molar-refractivity contribution in [1.82, 2.24) is 0 Å². The standard InChI is InChI=1S/C15H21ClN2O/c1-4-14(19)18-11-5-6-12(16)13(9-11)17-10(2)15(3)7-8-15/h5-6,9-10,17H,4,7-8H2,1-3H3,(H,18,19). The Kier molecular flexibility index (Phi) is 4.04. The molecule has 104 valence electrons. The van der Waals surface area contributed by atoms with Crippen LogP contribution >= 0.6 is 11.6 Å². The van der Waals surface area contributed by atoms with Gasteiger partial charge in [0.05, 0.1) is 10.7 Å². The predicted molar refractivity (Wildman–Crippen MR) is 80.8 cm³/mol. The van der Waals surface area contributed by atoms with Gasteiger partial charge in [0.1, 0.15) is 0 Å². The molecule has 1 unspecified atom stereocenters. The van der Waals surface area contributed by atoms with E-state index in [0.717, 1.165) is 11.4 Å². The maximum Gasteiger partial charge on any atom is 0.224 e. The molecule has 19 heavy (non-hydrogen) atoms. The Hall–Kier alpha value is -1.22. The molecule has 2 N–H and O–H groups in total. The molecule has 1 saturated carbocycles. The van der Waals surface area contributed by atoms with E-state index in [4.69, 9.17) is 11.6 Å². The first-order valence-corrected chi connectivity index (χ1v) is 7.18. The van der Waals surface area contributed by atoms with E-state index in [1.165, 1.54) is 12.8 Å². The quantitative estimate of drug-likeness (QED) is 0.845. The summed E-state index contributed by atoms with van der Waals surface area (Å²) < 4.78 is 0. The van der Waals surface area contributed by atoms with E-state index in [1.807, 2.05) is 25.1 Å². The minimum Gasteiger partial charge on any atom is -0.381 e. The van der Waals surface area contributed by atoms with Gasteiger partial charge in [0.25, 0.3) is 0 Å². The lowest BCUT2D eigenvalue weighted by Gasteiger charge is -2.22. The van der Waals surface area contributed by atoms with Gasteiger partial charge in [-0.25, -0.2) is 0 Å². The third-order valence-electron chi connectivity index (χ3n) is 4.03. The number of rotatable bonds is 5. The van der Waals surface area contributed by atoms with Crippen LogP contribution in [0.15, 0.2) is 18.2 Å². The van der Waals surface area contributed by atoms with Crippen molar-refractivity contribution in [2.24, 2.45) is 5.41 Å². The van der Waals surface area contributed by atoms with Gasteiger partial charge in [0.2, 0.25) is 5.91 Å². The van der Waals surface area contributed by atoms with Crippen LogP contribution in [0, 0.1) is 5.41 Å². The number of carbonyl (C=O) groups excluding carboxylic acids is 1. The highest BCUT2D eigenvalue weighted by molar-refractivity contribution is 6.33. The second kappa shape index (κ2) is 5.41. The maximum absolute atomic E-state index is 11.4. The van der Waals surface area contributed by atoms with Gasteiger partial charge in [-0.2, -0.15) is 0 Å². The number of benzene rings is 1. The fourth-order valence-corrected chi connectivity index (χ4v) is 2.17. The Labute approximate surface area is 119 Å². The second-order valence-corrected chi connectivity index (χ2v) is 6.02. The highest BCUT2D eigenvalue weighted by atomic mass is 35.5. The Balaban J connectivity index is 2.10. The summed E-state index contributed by atoms with van der Waals surface area (Å²) in [6.45, 7) is 6.29. The molecule has 0 saturated heterocycles. The van der Waals surface area contributed by atoms with Gasteiger partial charge < -0.3 is 10.6 Å². The van der Waals surface area contributed by atoms with Gasteiger partial charge in [-0.3, -0.25) is 4.79 Å². The topological polar surface area (TPSA) is 41.1 Å². The van der Waals surface area contributed by atoms with E-state index in [-0.39, 0.29) is 5.91 Å². The number of halogens is 1. The van der Waals surface area contributed by atoms with E-state index < -0.39 is 0 Å². The van der Waals surface area contributed by atoms with Crippen molar-refractivity contribution in [3.63, 3.8) is 0 Å². The largest absolute Gasteiger partial charge is 0.381 e. The van der Waals surface area contributed by atoms with Crippen molar-refractivity contribution in [2.75, 3.05) is 10.6 Å². The zero-order valence-electron chi connectivity index (χ0n) is 11.7. The normalized spacial score (nSPS) is 17.7. The first-order valence-electron chi connectivity index (χ1n) is 6.80. The molecule has 0 heterocycles. The van der Waals surface area contributed by atoms with Gasteiger partial charge in [-0.05, 0) is 43.4 Å². The van der Waals surface area contributed by atoms with Crippen LogP contribution in [-0.2, 0) is 4.79 Å². The van der Waals surface area contributed by atoms with Gasteiger partial charge in [-0.1, -0.05) is 25.4 Å². The van der Waals surface area contributed by atoms with Crippen molar-refractivity contribution in [1.29, 1.82) is 0 Å². The third-order valence-corrected chi connectivity index (χ3v) is 4.36. The van der Waals surface area contributed by atoms with E-state index in [9.17, 15) is 4.79 Å². The molecule has 1 fully saturated rings. The highest BCUT2D eigenvalue weighted by Crippen LogP contribution is 2.49. The van der Waals surface area contributed by atoms with Crippen molar-refractivity contribution in [3.8, 4) is 0 Å². The van der Waals surface area contributed by atoms with Crippen LogP contribution in [-0.4, -0.2) is 11.9 Å². The molecule has 1 aliphatic rings. The Morgan fingerprint density at radius 1 is 1.47 bits per heavy atom. The Bertz CT molecular complexity index is 483. The molecule has 1 atom stereocenters. The van der Waals surface area contributed by atoms with Gasteiger partial charge in [-0.15, -0.1) is 0 Å². The van der Waals surface area contributed by atoms with Crippen LogP contribution in [0.3, 0.4) is 0 Å². The monoisotopic (exact) mass is 280 g/mol. The zero-order valence-corrected chi connectivity index (χ0v) is 12.5. The molecule has 3 nitrogen and oxygen atoms in total. The van der Waals surface area contributed by atoms with E-state index in [0.29, 0.717) is 22.9 Å². The number of nitrogens with one attached hydrogen (secondary N) is 2. The molecule has 4 heteroatoms. The molecule has 1 amide bonds. The van der Waals surface area contributed by atoms with Gasteiger partial charge in [0.15, 0.2) is 0 Å². The van der Waals surface area contributed by atoms with Crippen molar-refractivity contribution in [2.45, 2.75) is 46.1 Å². The number of carbonyl (C=O) groups is 1. The van der Waals surface area contributed by atoms with E-state index in [1.54, 1.807) is 0 Å². The van der Waals surface area contributed by atoms with Crippen LogP contribution < -0.4 is 10.6 Å². The van der Waals surface area contributed by atoms with Gasteiger partial charge in [0, 0.05) is 18.2 Å². The summed E-state index contributed by atoms with van der Waals surface area (Å²) in [4.78, 5) is 11.4. The van der Waals surface area contributed by atoms with Crippen molar-refractivity contribution in [3.05, 3.63) is 23.2 Å². The molecule has 0 spiro atoms. The lowest BCUT2D eigenvalue weighted by molar-refractivity contribution is -0.115. The fraction of sp³-hybridized carbons (Fsp3) is 0.533. The number of anilines is 2. The molecular weight excluding hydrogens is 260 g/mol. The molecule has 0 aromatic heterocycles. The van der Waals surface area contributed by atoms with E-state index >= 15 is 0 Å². The number of hydrogen-bond donors (Lipinski definition) is 2. The third kappa shape index (κ3) is 3.41. The minimum absolute atomic E-state index is 0.00970. The van der Waals surface area contributed by atoms with Crippen molar-refractivity contribution < 1.29 is 4.79 Å². The van der Waals surface area contributed by atoms with Crippen LogP contribution in [0.4, 0.5) is 11.4 Å². The molecule has 1 aromatic rings. The summed E-state index contributed by atoms with van der Waals surface area (Å²) in [5.74, 6) is 0.00970. The van der Waals surface area contributed by atoms with E-state index in [2.05, 4.69) is 24.5 Å².